The van der Waals surface area contributed by atoms with Crippen molar-refractivity contribution in [1.82, 2.24) is 9.97 Å². The van der Waals surface area contributed by atoms with Crippen LogP contribution < -0.4 is 5.56 Å². The average Bonchev–Trinajstić information content (AvgIpc) is 2.28. The van der Waals surface area contributed by atoms with Crippen LogP contribution in [-0.4, -0.2) is 9.97 Å². The molecule has 0 spiro atoms. The zero-order chi connectivity index (χ0) is 13.2. The zero-order valence-electron chi connectivity index (χ0n) is 11.0. The zero-order valence-corrected chi connectivity index (χ0v) is 11.0. The van der Waals surface area contributed by atoms with Crippen LogP contribution in [0.5, 0.6) is 0 Å². The van der Waals surface area contributed by atoms with Crippen molar-refractivity contribution >= 4 is 0 Å². The van der Waals surface area contributed by atoms with Crippen molar-refractivity contribution in [3.05, 3.63) is 63.8 Å². The van der Waals surface area contributed by atoms with Gasteiger partial charge in [-0.25, -0.2) is 4.98 Å². The van der Waals surface area contributed by atoms with E-state index in [1.807, 2.05) is 51.1 Å². The van der Waals surface area contributed by atoms with E-state index >= 15 is 0 Å². The second-order valence-electron chi connectivity index (χ2n) is 5.49. The summed E-state index contributed by atoms with van der Waals surface area (Å²) >= 11 is 0. The molecule has 18 heavy (non-hydrogen) atoms. The molecule has 2 rings (SSSR count). The summed E-state index contributed by atoms with van der Waals surface area (Å²) in [5.74, 6) is 0.708. The van der Waals surface area contributed by atoms with Crippen molar-refractivity contribution in [3.63, 3.8) is 0 Å². The fourth-order valence-electron chi connectivity index (χ4n) is 1.85. The van der Waals surface area contributed by atoms with Crippen molar-refractivity contribution in [2.24, 2.45) is 0 Å². The van der Waals surface area contributed by atoms with Crippen molar-refractivity contribution < 1.29 is 0 Å². The number of hydrogen-bond donors (Lipinski definition) is 1. The monoisotopic (exact) mass is 242 g/mol. The summed E-state index contributed by atoms with van der Waals surface area (Å²) in [4.78, 5) is 19.2. The Labute approximate surface area is 107 Å². The van der Waals surface area contributed by atoms with Gasteiger partial charge in [0, 0.05) is 18.2 Å². The van der Waals surface area contributed by atoms with Gasteiger partial charge in [0.1, 0.15) is 5.82 Å². The number of aromatic nitrogens is 2. The van der Waals surface area contributed by atoms with Crippen LogP contribution in [0.15, 0.2) is 41.3 Å². The predicted octanol–water partition coefficient (Wildman–Crippen LogP) is 2.66. The molecule has 0 aliphatic rings. The Morgan fingerprint density at radius 1 is 1.17 bits per heavy atom. The van der Waals surface area contributed by atoms with Gasteiger partial charge < -0.3 is 4.98 Å². The molecule has 0 atom stereocenters. The van der Waals surface area contributed by atoms with E-state index in [1.165, 1.54) is 0 Å². The van der Waals surface area contributed by atoms with Gasteiger partial charge in [-0.15, -0.1) is 0 Å². The van der Waals surface area contributed by atoms with Crippen LogP contribution in [0.4, 0.5) is 0 Å². The lowest BCUT2D eigenvalue weighted by Crippen LogP contribution is -2.26. The lowest BCUT2D eigenvalue weighted by molar-refractivity contribution is 0.575. The fourth-order valence-corrected chi connectivity index (χ4v) is 1.85. The van der Waals surface area contributed by atoms with Gasteiger partial charge in [-0.05, 0) is 11.0 Å². The largest absolute Gasteiger partial charge is 0.310 e. The Morgan fingerprint density at radius 3 is 2.39 bits per heavy atom. The van der Waals surface area contributed by atoms with Crippen LogP contribution in [0, 0.1) is 0 Å². The number of benzene rings is 1. The van der Waals surface area contributed by atoms with E-state index in [0.717, 1.165) is 11.1 Å². The molecule has 1 aromatic heterocycles. The molecule has 0 saturated carbocycles. The average molecular weight is 242 g/mol. The third kappa shape index (κ3) is 2.86. The molecule has 0 aliphatic heterocycles. The summed E-state index contributed by atoms with van der Waals surface area (Å²) in [6.45, 7) is 6.03. The number of nitrogens with zero attached hydrogens (tertiary/aromatic N) is 1. The molecule has 3 heteroatoms. The van der Waals surface area contributed by atoms with Crippen LogP contribution >= 0.6 is 0 Å². The first-order chi connectivity index (χ1) is 8.47. The Hall–Kier alpha value is -1.90. The summed E-state index contributed by atoms with van der Waals surface area (Å²) in [6.07, 6.45) is 2.34. The maximum absolute atomic E-state index is 12.0. The highest BCUT2D eigenvalue weighted by Crippen LogP contribution is 2.17. The molecule has 1 heterocycles. The molecule has 0 saturated heterocycles. The van der Waals surface area contributed by atoms with Gasteiger partial charge >= 0.3 is 0 Å². The Morgan fingerprint density at radius 2 is 1.83 bits per heavy atom. The van der Waals surface area contributed by atoms with Crippen LogP contribution in [-0.2, 0) is 11.8 Å². The maximum atomic E-state index is 12.0. The lowest BCUT2D eigenvalue weighted by Gasteiger charge is -2.17. The van der Waals surface area contributed by atoms with Crippen molar-refractivity contribution in [2.75, 3.05) is 0 Å². The molecular weight excluding hydrogens is 224 g/mol. The summed E-state index contributed by atoms with van der Waals surface area (Å²) < 4.78 is 0. The van der Waals surface area contributed by atoms with Crippen molar-refractivity contribution in [1.29, 1.82) is 0 Å². The number of nitrogens with one attached hydrogen (secondary N) is 1. The topological polar surface area (TPSA) is 45.8 Å². The van der Waals surface area contributed by atoms with Crippen molar-refractivity contribution in [2.45, 2.75) is 32.6 Å². The number of H-pyrrole nitrogens is 1. The van der Waals surface area contributed by atoms with Gasteiger partial charge in [0.15, 0.2) is 0 Å². The first-order valence-corrected chi connectivity index (χ1v) is 6.09. The van der Waals surface area contributed by atoms with E-state index in [4.69, 9.17) is 0 Å². The second kappa shape index (κ2) is 4.77. The normalized spacial score (nSPS) is 11.5. The Bertz CT molecular complexity index is 579. The minimum absolute atomic E-state index is 0.0385. The highest BCUT2D eigenvalue weighted by molar-refractivity contribution is 5.21. The lowest BCUT2D eigenvalue weighted by atomic mass is 9.89. The van der Waals surface area contributed by atoms with Crippen LogP contribution in [0.1, 0.15) is 37.7 Å². The predicted molar refractivity (Wildman–Crippen MR) is 72.8 cm³/mol. The first kappa shape index (κ1) is 12.6. The van der Waals surface area contributed by atoms with Gasteiger partial charge in [-0.3, -0.25) is 4.79 Å². The molecule has 0 fully saturated rings. The molecule has 3 nitrogen and oxygen atoms in total. The number of hydrogen-bond acceptors (Lipinski definition) is 2. The molecule has 1 N–H and O–H groups in total. The SMILES string of the molecule is CC(C)(C)c1cnc(Cc2ccccc2)[nH]c1=O. The van der Waals surface area contributed by atoms with E-state index in [-0.39, 0.29) is 11.0 Å². The summed E-state index contributed by atoms with van der Waals surface area (Å²) in [5, 5.41) is 0. The molecule has 1 aromatic carbocycles. The third-order valence-electron chi connectivity index (χ3n) is 2.87. The highest BCUT2D eigenvalue weighted by Gasteiger charge is 2.18. The molecule has 2 aromatic rings. The second-order valence-corrected chi connectivity index (χ2v) is 5.49. The minimum atomic E-state index is -0.175. The van der Waals surface area contributed by atoms with Gasteiger partial charge in [-0.2, -0.15) is 0 Å². The van der Waals surface area contributed by atoms with E-state index in [2.05, 4.69) is 9.97 Å². The Kier molecular flexibility index (Phi) is 3.32. The maximum Gasteiger partial charge on any atom is 0.254 e. The van der Waals surface area contributed by atoms with Crippen LogP contribution in [0.3, 0.4) is 0 Å². The molecule has 0 unspecified atom stereocenters. The van der Waals surface area contributed by atoms with Gasteiger partial charge in [0.25, 0.3) is 5.56 Å². The molecule has 0 bridgehead atoms. The molecule has 0 radical (unpaired) electrons. The third-order valence-corrected chi connectivity index (χ3v) is 2.87. The summed E-state index contributed by atoms with van der Waals surface area (Å²) in [7, 11) is 0. The fraction of sp³-hybridized carbons (Fsp3) is 0.333. The molecular formula is C15H18N2O. The number of rotatable bonds is 2. The van der Waals surface area contributed by atoms with Gasteiger partial charge in [-0.1, -0.05) is 51.1 Å². The van der Waals surface area contributed by atoms with Gasteiger partial charge in [0.05, 0.1) is 0 Å². The van der Waals surface area contributed by atoms with E-state index < -0.39 is 0 Å². The standard InChI is InChI=1S/C15H18N2O/c1-15(2,3)12-10-16-13(17-14(12)18)9-11-7-5-4-6-8-11/h4-8,10H,9H2,1-3H3,(H,16,17,18). The van der Waals surface area contributed by atoms with Gasteiger partial charge in [0.2, 0.25) is 0 Å². The van der Waals surface area contributed by atoms with E-state index in [0.29, 0.717) is 12.2 Å². The van der Waals surface area contributed by atoms with Crippen LogP contribution in [0.25, 0.3) is 0 Å². The summed E-state index contributed by atoms with van der Waals surface area (Å²) in [6, 6.07) is 9.99. The molecule has 0 aliphatic carbocycles. The van der Waals surface area contributed by atoms with Crippen molar-refractivity contribution in [3.8, 4) is 0 Å². The minimum Gasteiger partial charge on any atom is -0.310 e. The Balaban J connectivity index is 2.28. The highest BCUT2D eigenvalue weighted by atomic mass is 16.1. The van der Waals surface area contributed by atoms with Crippen LogP contribution in [0.2, 0.25) is 0 Å². The van der Waals surface area contributed by atoms with E-state index in [1.54, 1.807) is 6.20 Å². The summed E-state index contributed by atoms with van der Waals surface area (Å²) in [5.41, 5.74) is 1.65. The van der Waals surface area contributed by atoms with E-state index in [9.17, 15) is 4.79 Å². The quantitative estimate of drug-likeness (QED) is 0.880. The first-order valence-electron chi connectivity index (χ1n) is 6.09. The molecule has 0 amide bonds. The number of aromatic amines is 1. The smallest absolute Gasteiger partial charge is 0.254 e. The molecule has 94 valence electrons.